The summed E-state index contributed by atoms with van der Waals surface area (Å²) in [7, 11) is 8.46. The molecule has 11 heteroatoms. The smallest absolute Gasteiger partial charge is 0.326 e. The number of fused-ring (bicyclic) bond motifs is 17. The van der Waals surface area contributed by atoms with E-state index in [0.717, 1.165) is 28.6 Å². The Morgan fingerprint density at radius 1 is 0.558 bits per heavy atom. The van der Waals surface area contributed by atoms with Crippen LogP contribution < -0.4 is 18.3 Å². The van der Waals surface area contributed by atoms with Gasteiger partial charge < -0.3 is 8.83 Å². The summed E-state index contributed by atoms with van der Waals surface area (Å²) in [5.41, 5.74) is 21.9. The van der Waals surface area contributed by atoms with Gasteiger partial charge in [0.1, 0.15) is 80.0 Å². The molecule has 10 nitrogen and oxygen atoms in total. The summed E-state index contributed by atoms with van der Waals surface area (Å²) >= 11 is 1.85. The van der Waals surface area contributed by atoms with Crippen LogP contribution in [0.3, 0.4) is 0 Å². The van der Waals surface area contributed by atoms with Gasteiger partial charge >= 0.3 is 11.6 Å². The van der Waals surface area contributed by atoms with Crippen molar-refractivity contribution in [1.82, 2.24) is 18.3 Å². The third-order valence-electron chi connectivity index (χ3n) is 19.3. The molecule has 0 N–H and O–H groups in total. The molecule has 0 bridgehead atoms. The summed E-state index contributed by atoms with van der Waals surface area (Å²) in [6.45, 7) is 37.9. The van der Waals surface area contributed by atoms with Gasteiger partial charge in [-0.2, -0.15) is 0 Å². The molecule has 0 saturated carbocycles. The van der Waals surface area contributed by atoms with E-state index in [1.807, 2.05) is 24.3 Å². The molecular formula is C66H84N8O2S+4. The SMILES string of the molecule is Cc1c(C)[n+](C)c2n1C(C)(C)c1c-2oc2ccccc12.Cc1c(C)[n+](C)c2n1C(C)(C)c1ccoc1-2.Cc1c(C)[n+](C)c2n1C(C)(C)c1ccsc1-2.[3H][3H].[3H][3H].[3H][3H].[3H]c1c(C)n(C)c2[n+]1C(C)(C)c1cc3c(cc1-2)C(C)(C)c1ccccc1-3. The van der Waals surface area contributed by atoms with Gasteiger partial charge in [-0.15, -0.1) is 11.3 Å². The van der Waals surface area contributed by atoms with Crippen molar-refractivity contribution in [2.45, 2.75) is 145 Å². The first-order valence-corrected chi connectivity index (χ1v) is 28.2. The highest BCUT2D eigenvalue weighted by Crippen LogP contribution is 2.53. The van der Waals surface area contributed by atoms with E-state index < -0.39 is 0 Å². The van der Waals surface area contributed by atoms with E-state index in [1.54, 1.807) is 6.26 Å². The number of aromatic nitrogens is 8. The summed E-state index contributed by atoms with van der Waals surface area (Å²) in [5.74, 6) is 6.92. The van der Waals surface area contributed by atoms with Crippen molar-refractivity contribution < 1.29 is 37.4 Å². The van der Waals surface area contributed by atoms with Gasteiger partial charge in [0.25, 0.3) is 11.6 Å². The van der Waals surface area contributed by atoms with Crippen LogP contribution in [-0.2, 0) is 55.8 Å². The molecule has 7 aromatic heterocycles. The zero-order valence-corrected chi connectivity index (χ0v) is 50.2. The fourth-order valence-corrected chi connectivity index (χ4v) is 15.5. The summed E-state index contributed by atoms with van der Waals surface area (Å²) in [6.07, 6.45) is 2.40. The number of rotatable bonds is 0. The van der Waals surface area contributed by atoms with Crippen molar-refractivity contribution in [3.05, 3.63) is 164 Å². The Morgan fingerprint density at radius 3 is 1.77 bits per heavy atom. The van der Waals surface area contributed by atoms with Gasteiger partial charge in [0.15, 0.2) is 0 Å². The zero-order valence-electron chi connectivity index (χ0n) is 56.4. The van der Waals surface area contributed by atoms with Crippen LogP contribution in [0, 0.1) is 48.5 Å². The highest BCUT2D eigenvalue weighted by Gasteiger charge is 2.52. The van der Waals surface area contributed by atoms with E-state index in [4.69, 9.17) is 19.1 Å². The van der Waals surface area contributed by atoms with E-state index in [2.05, 4.69) is 248 Å². The first-order valence-electron chi connectivity index (χ1n) is 30.9. The molecule has 402 valence electrons. The molecule has 0 fully saturated rings. The van der Waals surface area contributed by atoms with Crippen LogP contribution in [0.5, 0.6) is 0 Å². The first kappa shape index (κ1) is 46.1. The maximum Gasteiger partial charge on any atom is 0.326 e. The van der Waals surface area contributed by atoms with Gasteiger partial charge in [-0.05, 0) is 113 Å². The second-order valence-corrected chi connectivity index (χ2v) is 26.0. The fourth-order valence-electron chi connectivity index (χ4n) is 14.4. The number of thiophene rings is 1. The number of benzene rings is 3. The van der Waals surface area contributed by atoms with Gasteiger partial charge in [0.2, 0.25) is 11.5 Å². The summed E-state index contributed by atoms with van der Waals surface area (Å²) in [6, 6.07) is 26.2. The standard InChI is InChI=1S/C23H25N2.C17H19N2O.C13H17N2O.C13H17N2S.3H2/c1-14-13-25-21(24(14)6)17-12-19-16(11-20(17)23(25,4)5)15-9-7-8-10-18(15)22(19,2)3;1-10-11(2)19-16(18(10)5)15-14(17(19,3)4)12-8-6-7-9-13(12)20-15;2*1-8-9(2)15-12(14(8)5)11-10(6-7-16-11)13(15,3)4;;;/h7-13H,1-6H3;6-9H,1-5H3;2*6-7H,1-5H3;3*1H/q4*+1;;;/i13T;;;;3*1+2T. The van der Waals surface area contributed by atoms with E-state index in [-0.39, 0.29) is 27.6 Å². The Hall–Kier alpha value is -6.98. The maximum absolute atomic E-state index is 8.63. The van der Waals surface area contributed by atoms with Crippen LogP contribution in [0.4, 0.5) is 0 Å². The predicted molar refractivity (Wildman–Crippen MR) is 315 cm³/mol. The Labute approximate surface area is 469 Å². The monoisotopic (exact) mass is 1070 g/mol. The number of para-hydroxylation sites is 1. The molecule has 10 aromatic rings. The topological polar surface area (TPSA) is 61.5 Å². The van der Waals surface area contributed by atoms with Crippen molar-refractivity contribution >= 4 is 22.3 Å². The Bertz CT molecular complexity index is 4140. The van der Waals surface area contributed by atoms with Gasteiger partial charge in [-0.1, -0.05) is 56.3 Å². The van der Waals surface area contributed by atoms with Crippen molar-refractivity contribution in [1.29, 1.82) is 0 Å². The Kier molecular flexibility index (Phi) is 9.76. The third-order valence-corrected chi connectivity index (χ3v) is 20.2. The zero-order chi connectivity index (χ0) is 62.2. The van der Waals surface area contributed by atoms with Crippen molar-refractivity contribution in [3.8, 4) is 56.4 Å². The minimum absolute atomic E-state index is 0.00250. The predicted octanol–water partition coefficient (Wildman–Crippen LogP) is 13.9. The molecule has 5 aliphatic rings. The molecule has 77 heavy (non-hydrogen) atoms. The van der Waals surface area contributed by atoms with Gasteiger partial charge in [0.05, 0.1) is 51.1 Å². The van der Waals surface area contributed by atoms with E-state index in [9.17, 15) is 0 Å². The van der Waals surface area contributed by atoms with E-state index >= 15 is 0 Å². The number of hydrogen-bond acceptors (Lipinski definition) is 3. The average Bonchev–Trinajstić information content (AvgIpc) is 1.89. The maximum atomic E-state index is 8.63. The van der Waals surface area contributed by atoms with Crippen molar-refractivity contribution in [2.75, 3.05) is 0 Å². The highest BCUT2D eigenvalue weighted by molar-refractivity contribution is 7.13. The first-order chi connectivity index (χ1) is 39.5. The molecule has 0 radical (unpaired) electrons. The molecule has 1 aliphatic carbocycles. The summed E-state index contributed by atoms with van der Waals surface area (Å²) < 4.78 is 68.9. The van der Waals surface area contributed by atoms with Crippen LogP contribution in [-0.4, -0.2) is 18.3 Å². The number of imidazole rings is 4. The second-order valence-electron chi connectivity index (χ2n) is 25.1. The highest BCUT2D eigenvalue weighted by atomic mass is 32.1. The molecule has 0 unspecified atom stereocenters. The lowest BCUT2D eigenvalue weighted by Gasteiger charge is -2.22. The lowest BCUT2D eigenvalue weighted by Crippen LogP contribution is -2.49. The largest absolute Gasteiger partial charge is 0.456 e. The molecule has 0 amide bonds. The summed E-state index contributed by atoms with van der Waals surface area (Å²) in [4.78, 5) is 1.43. The fraction of sp³-hybridized carbons (Fsp3) is 0.394. The lowest BCUT2D eigenvalue weighted by atomic mass is 9.80. The van der Waals surface area contributed by atoms with E-state index in [1.165, 1.54) is 112 Å². The summed E-state index contributed by atoms with van der Waals surface area (Å²) in [5, 5.41) is 3.43. The molecule has 0 saturated heterocycles. The van der Waals surface area contributed by atoms with Gasteiger partial charge in [-0.25, -0.2) is 36.5 Å². The van der Waals surface area contributed by atoms with Crippen LogP contribution in [0.2, 0.25) is 0 Å². The normalized spacial score (nSPS) is 17.1. The lowest BCUT2D eigenvalue weighted by molar-refractivity contribution is -0.730. The molecule has 3 aromatic carbocycles. The Balaban J connectivity index is 0.000000133. The molecule has 0 spiro atoms. The molecule has 15 rings (SSSR count). The second kappa shape index (κ2) is 16.3. The average molecular weight is 1070 g/mol. The van der Waals surface area contributed by atoms with Crippen LogP contribution >= 0.6 is 11.3 Å². The number of nitrogens with zero attached hydrogens (tertiary/aromatic N) is 8. The molecule has 11 heterocycles. The molecule has 0 atom stereocenters. The molecule has 4 aliphatic heterocycles. The van der Waals surface area contributed by atoms with Crippen LogP contribution in [0.25, 0.3) is 67.4 Å². The minimum atomic E-state index is -0.218. The number of hydrogen-bond donors (Lipinski definition) is 0. The Morgan fingerprint density at radius 2 is 1.10 bits per heavy atom. The number of furan rings is 2. The molecular weight excluding hydrogens is 969 g/mol. The van der Waals surface area contributed by atoms with Gasteiger partial charge in [0, 0.05) is 79.3 Å². The quantitative estimate of drug-likeness (QED) is 0.142. The minimum Gasteiger partial charge on any atom is -0.456 e. The van der Waals surface area contributed by atoms with Crippen LogP contribution in [0.15, 0.2) is 99.4 Å². The van der Waals surface area contributed by atoms with Crippen molar-refractivity contribution in [2.24, 2.45) is 28.2 Å². The van der Waals surface area contributed by atoms with Crippen molar-refractivity contribution in [3.63, 3.8) is 0 Å². The van der Waals surface area contributed by atoms with Gasteiger partial charge in [-0.3, -0.25) is 0 Å². The van der Waals surface area contributed by atoms with Crippen LogP contribution in [0.1, 0.15) is 153 Å². The third kappa shape index (κ3) is 6.46. The van der Waals surface area contributed by atoms with E-state index in [0.29, 0.717) is 6.17 Å².